The van der Waals surface area contributed by atoms with Crippen molar-refractivity contribution in [3.05, 3.63) is 92.8 Å². The average molecular weight is 827 g/mol. The quantitative estimate of drug-likeness (QED) is 0.0310. The summed E-state index contributed by atoms with van der Waals surface area (Å²) in [5, 5.41) is 16.9. The largest absolute Gasteiger partial charge is 0.463 e. The Hall–Kier alpha value is -4.54. The van der Waals surface area contributed by atoms with Gasteiger partial charge < -0.3 is 28.1 Å². The van der Waals surface area contributed by atoms with E-state index in [2.05, 4.69) is 70.3 Å². The SMILES string of the molecule is CC(=O)CCC(=O)OC[C@H]1OC(n2cc(COCCCCCc3ccc4ccc5cccc6ccc3c4c56)c(=O)[nH]c2=O)C[C@@H]1OP(OCCC#N)N(C(C)C)C(C)C. The van der Waals surface area contributed by atoms with E-state index in [1.54, 1.807) is 0 Å². The maximum absolute atomic E-state index is 13.2. The Bertz CT molecular complexity index is 2350. The van der Waals surface area contributed by atoms with Gasteiger partial charge >= 0.3 is 11.7 Å². The number of rotatable bonds is 22. The first kappa shape index (κ1) is 44.0. The summed E-state index contributed by atoms with van der Waals surface area (Å²) in [6.45, 7) is 9.91. The van der Waals surface area contributed by atoms with Crippen molar-refractivity contribution < 1.29 is 32.8 Å². The van der Waals surface area contributed by atoms with Gasteiger partial charge in [-0.3, -0.25) is 19.1 Å². The standard InChI is InChI=1S/C45H55N4O9P/c1-29(2)49(30(3)4)59(56-24-10-22-46)58-38-25-40(57-39(38)28-55-41(51)21-14-31(5)50)48-26-36(44(52)47-45(48)53)27-54-23-8-6-7-11-32-15-16-35-18-17-33-12-9-13-34-19-20-37(32)43(35)42(33)34/h9,12-13,15-20,26,29-30,38-40H,6-8,10-11,14,21,23-25,27-28H2,1-5H3,(H,47,52,53)/t38-,39+,40?,59?/m0/s1. The van der Waals surface area contributed by atoms with E-state index < -0.39 is 44.2 Å². The highest BCUT2D eigenvalue weighted by Crippen LogP contribution is 2.50. The van der Waals surface area contributed by atoms with Crippen molar-refractivity contribution in [2.75, 3.05) is 19.8 Å². The molecular weight excluding hydrogens is 771 g/mol. The number of H-pyrrole nitrogens is 1. The lowest BCUT2D eigenvalue weighted by molar-refractivity contribution is -0.150. The fourth-order valence-corrected chi connectivity index (χ4v) is 9.56. The third-order valence-electron chi connectivity index (χ3n) is 10.6. The first-order chi connectivity index (χ1) is 28.4. The van der Waals surface area contributed by atoms with Crippen molar-refractivity contribution in [1.29, 1.82) is 5.26 Å². The number of unbranched alkanes of at least 4 members (excludes halogenated alkanes) is 2. The van der Waals surface area contributed by atoms with Gasteiger partial charge in [-0.1, -0.05) is 61.0 Å². The van der Waals surface area contributed by atoms with Gasteiger partial charge in [0.2, 0.25) is 0 Å². The number of carbonyl (C=O) groups is 2. The van der Waals surface area contributed by atoms with Crippen molar-refractivity contribution in [1.82, 2.24) is 14.2 Å². The first-order valence-corrected chi connectivity index (χ1v) is 21.7. The number of hydrogen-bond acceptors (Lipinski definition) is 11. The van der Waals surface area contributed by atoms with Gasteiger partial charge in [-0.05, 0) is 91.8 Å². The smallest absolute Gasteiger partial charge is 0.330 e. The van der Waals surface area contributed by atoms with Crippen molar-refractivity contribution >= 4 is 52.6 Å². The number of benzene rings is 4. The zero-order chi connectivity index (χ0) is 42.1. The first-order valence-electron chi connectivity index (χ1n) is 20.6. The van der Waals surface area contributed by atoms with E-state index >= 15 is 0 Å². The maximum atomic E-state index is 13.2. The van der Waals surface area contributed by atoms with Crippen LogP contribution in [0.25, 0.3) is 32.3 Å². The second kappa shape index (κ2) is 20.6. The minimum atomic E-state index is -1.69. The lowest BCUT2D eigenvalue weighted by atomic mass is 9.90. The van der Waals surface area contributed by atoms with E-state index in [4.69, 9.17) is 28.5 Å². The minimum absolute atomic E-state index is 0.00421. The second-order valence-electron chi connectivity index (χ2n) is 15.7. The van der Waals surface area contributed by atoms with Crippen LogP contribution < -0.4 is 11.2 Å². The molecule has 0 bridgehead atoms. The molecule has 0 spiro atoms. The zero-order valence-corrected chi connectivity index (χ0v) is 35.5. The Kier molecular flexibility index (Phi) is 15.4. The number of hydrogen-bond donors (Lipinski definition) is 1. The molecule has 0 radical (unpaired) electrons. The molecule has 14 heteroatoms. The predicted octanol–water partition coefficient (Wildman–Crippen LogP) is 8.22. The molecule has 1 aromatic heterocycles. The summed E-state index contributed by atoms with van der Waals surface area (Å²) in [7, 11) is -1.69. The Morgan fingerprint density at radius 2 is 1.64 bits per heavy atom. The van der Waals surface area contributed by atoms with Gasteiger partial charge in [-0.15, -0.1) is 0 Å². The number of nitrogens with one attached hydrogen (secondary N) is 1. The molecule has 1 aliphatic heterocycles. The van der Waals surface area contributed by atoms with Gasteiger partial charge in [0, 0.05) is 37.7 Å². The van der Waals surface area contributed by atoms with Gasteiger partial charge in [-0.25, -0.2) is 9.46 Å². The third-order valence-corrected chi connectivity index (χ3v) is 12.8. The van der Waals surface area contributed by atoms with Crippen LogP contribution in [-0.2, 0) is 45.9 Å². The number of nitrogens with zero attached hydrogens (tertiary/aromatic N) is 3. The topological polar surface area (TPSA) is 162 Å². The van der Waals surface area contributed by atoms with Crippen LogP contribution in [0.4, 0.5) is 0 Å². The summed E-state index contributed by atoms with van der Waals surface area (Å²) in [5.41, 5.74) is 0.403. The molecule has 6 rings (SSSR count). The Balaban J connectivity index is 1.08. The average Bonchev–Trinajstić information content (AvgIpc) is 3.60. The highest BCUT2D eigenvalue weighted by molar-refractivity contribution is 7.44. The van der Waals surface area contributed by atoms with E-state index in [0.29, 0.717) is 6.61 Å². The van der Waals surface area contributed by atoms with Gasteiger partial charge in [0.05, 0.1) is 43.8 Å². The summed E-state index contributed by atoms with van der Waals surface area (Å²) in [6.07, 6.45) is 3.14. The lowest BCUT2D eigenvalue weighted by Crippen LogP contribution is -2.36. The molecule has 13 nitrogen and oxygen atoms in total. The summed E-state index contributed by atoms with van der Waals surface area (Å²) >= 11 is 0. The molecule has 0 aliphatic carbocycles. The zero-order valence-electron chi connectivity index (χ0n) is 34.6. The van der Waals surface area contributed by atoms with Crippen LogP contribution in [0, 0.1) is 11.3 Å². The molecule has 1 N–H and O–H groups in total. The Labute approximate surface area is 345 Å². The molecule has 2 unspecified atom stereocenters. The fourth-order valence-electron chi connectivity index (χ4n) is 7.80. The van der Waals surface area contributed by atoms with Crippen LogP contribution in [0.2, 0.25) is 0 Å². The molecule has 1 aliphatic rings. The van der Waals surface area contributed by atoms with Crippen molar-refractivity contribution in [2.45, 2.75) is 123 Å². The molecule has 0 saturated carbocycles. The highest BCUT2D eigenvalue weighted by Gasteiger charge is 2.42. The normalized spacial score (nSPS) is 17.5. The number of esters is 1. The molecule has 1 fully saturated rings. The minimum Gasteiger partial charge on any atom is -0.463 e. The number of nitriles is 1. The highest BCUT2D eigenvalue weighted by atomic mass is 31.2. The number of ether oxygens (including phenoxy) is 3. The molecular formula is C45H55N4O9P. The maximum Gasteiger partial charge on any atom is 0.330 e. The lowest BCUT2D eigenvalue weighted by Gasteiger charge is -2.37. The predicted molar refractivity (Wildman–Crippen MR) is 228 cm³/mol. The third kappa shape index (κ3) is 11.0. The van der Waals surface area contributed by atoms with E-state index in [9.17, 15) is 19.2 Å². The second-order valence-corrected chi connectivity index (χ2v) is 17.1. The van der Waals surface area contributed by atoms with E-state index in [0.717, 1.165) is 25.7 Å². The van der Waals surface area contributed by atoms with Crippen LogP contribution in [0.15, 0.2) is 70.4 Å². The van der Waals surface area contributed by atoms with Crippen LogP contribution in [-0.4, -0.2) is 70.1 Å². The number of aromatic amines is 1. The fraction of sp³-hybridized carbons (Fsp3) is 0.489. The number of aromatic nitrogens is 2. The summed E-state index contributed by atoms with van der Waals surface area (Å²) in [4.78, 5) is 52.5. The Morgan fingerprint density at radius 1 is 0.932 bits per heavy atom. The van der Waals surface area contributed by atoms with Crippen LogP contribution in [0.5, 0.6) is 0 Å². The van der Waals surface area contributed by atoms with Crippen molar-refractivity contribution in [3.8, 4) is 6.07 Å². The van der Waals surface area contributed by atoms with Gasteiger partial charge in [0.1, 0.15) is 24.7 Å². The van der Waals surface area contributed by atoms with Crippen LogP contribution >= 0.6 is 8.53 Å². The summed E-state index contributed by atoms with van der Waals surface area (Å²) in [5.74, 6) is -0.686. The van der Waals surface area contributed by atoms with E-state index in [1.165, 1.54) is 55.6 Å². The number of ketones is 1. The van der Waals surface area contributed by atoms with Gasteiger partial charge in [0.15, 0.2) is 0 Å². The van der Waals surface area contributed by atoms with Crippen molar-refractivity contribution in [3.63, 3.8) is 0 Å². The molecule has 59 heavy (non-hydrogen) atoms. The van der Waals surface area contributed by atoms with Crippen LogP contribution in [0.3, 0.4) is 0 Å². The van der Waals surface area contributed by atoms with Gasteiger partial charge in [0.25, 0.3) is 14.1 Å². The van der Waals surface area contributed by atoms with Gasteiger partial charge in [-0.2, -0.15) is 5.26 Å². The van der Waals surface area contributed by atoms with Crippen molar-refractivity contribution in [2.24, 2.45) is 0 Å². The molecule has 5 aromatic rings. The number of Topliss-reactive ketones (excluding diaryl/α,β-unsaturated/α-hetero) is 1. The molecule has 4 atom stereocenters. The van der Waals surface area contributed by atoms with E-state index in [-0.39, 0.29) is 68.9 Å². The summed E-state index contributed by atoms with van der Waals surface area (Å²) < 4.78 is 33.9. The molecule has 1 saturated heterocycles. The van der Waals surface area contributed by atoms with E-state index in [1.807, 2.05) is 27.7 Å². The number of carbonyl (C=O) groups excluding carboxylic acids is 2. The molecule has 2 heterocycles. The Morgan fingerprint density at radius 3 is 2.36 bits per heavy atom. The molecule has 314 valence electrons. The monoisotopic (exact) mass is 826 g/mol. The molecule has 0 amide bonds. The summed E-state index contributed by atoms with van der Waals surface area (Å²) in [6, 6.07) is 21.9. The van der Waals surface area contributed by atoms with Crippen LogP contribution in [0.1, 0.15) is 96.9 Å². The number of aryl methyl sites for hydroxylation is 1. The molecule has 4 aromatic carbocycles.